The zero-order chi connectivity index (χ0) is 38.8. The van der Waals surface area contributed by atoms with Crippen LogP contribution in [0.1, 0.15) is 52.4 Å². The van der Waals surface area contributed by atoms with E-state index in [0.29, 0.717) is 0 Å². The summed E-state index contributed by atoms with van der Waals surface area (Å²) in [5, 5.41) is 9.74. The van der Waals surface area contributed by atoms with Crippen molar-refractivity contribution in [3.8, 4) is 11.5 Å². The molecule has 156 valence electrons. The fourth-order valence-electron chi connectivity index (χ4n) is 1.63. The van der Waals surface area contributed by atoms with E-state index in [0.717, 1.165) is 36.4 Å². The van der Waals surface area contributed by atoms with Gasteiger partial charge in [0.25, 0.3) is 0 Å². The van der Waals surface area contributed by atoms with Crippen LogP contribution in [-0.2, 0) is 4.74 Å². The number of rotatable bonds is 7. The highest BCUT2D eigenvalue weighted by Crippen LogP contribution is 2.18. The van der Waals surface area contributed by atoms with Crippen LogP contribution in [0.3, 0.4) is 0 Å². The van der Waals surface area contributed by atoms with Crippen molar-refractivity contribution < 1.29 is 49.5 Å². The fraction of sp³-hybridized carbons (Fsp3) is 0.455. The van der Waals surface area contributed by atoms with E-state index in [-0.39, 0.29) is 23.5 Å². The van der Waals surface area contributed by atoms with Gasteiger partial charge < -0.3 is 25.1 Å². The van der Waals surface area contributed by atoms with Crippen molar-refractivity contribution in [2.75, 3.05) is 26.2 Å². The molecular formula is C22H32ClNO4. The quantitative estimate of drug-likeness (QED) is 0.656. The van der Waals surface area contributed by atoms with Crippen molar-refractivity contribution in [2.45, 2.75) is 39.6 Å². The molecule has 1 saturated heterocycles. The molecule has 2 aromatic carbocycles. The first-order valence-electron chi connectivity index (χ1n) is 18.2. The maximum atomic E-state index is 9.74. The molecule has 0 saturated carbocycles. The monoisotopic (exact) mass is 431 g/mol. The van der Waals surface area contributed by atoms with E-state index in [1.54, 1.807) is 0 Å². The number of nitrogens with two attached hydrogens (primary N) is 1. The first kappa shape index (κ1) is 7.17. The summed E-state index contributed by atoms with van der Waals surface area (Å²) in [5.74, 6) is -1.06. The molecule has 0 amide bonds. The summed E-state index contributed by atoms with van der Waals surface area (Å²) in [6, 6.07) is 5.34. The minimum atomic E-state index is -3.57. The molecule has 2 aromatic rings. The fourth-order valence-corrected chi connectivity index (χ4v) is 1.63. The van der Waals surface area contributed by atoms with Gasteiger partial charge >= 0.3 is 0 Å². The lowest BCUT2D eigenvalue weighted by Gasteiger charge is -2.11. The lowest BCUT2D eigenvalue weighted by molar-refractivity contribution is 0.114. The number of aryl methyl sites for hydroxylation is 4. The second-order valence-corrected chi connectivity index (χ2v) is 4.93. The number of epoxide rings is 1. The molecule has 2 unspecified atom stereocenters. The number of hydrogen-bond donors (Lipinski definition) is 2. The molecular weight excluding hydrogens is 378 g/mol. The van der Waals surface area contributed by atoms with Crippen LogP contribution in [0.4, 0.5) is 0 Å². The van der Waals surface area contributed by atoms with E-state index < -0.39 is 88.4 Å². The van der Waals surface area contributed by atoms with Gasteiger partial charge in [0.1, 0.15) is 36.8 Å². The van der Waals surface area contributed by atoms with Gasteiger partial charge in [-0.05, 0) is 73.9 Å². The summed E-state index contributed by atoms with van der Waals surface area (Å²) in [6.45, 7) is -23.0. The third-order valence-corrected chi connectivity index (χ3v) is 2.68. The van der Waals surface area contributed by atoms with Crippen LogP contribution in [0.2, 0.25) is 0 Å². The molecule has 2 atom stereocenters. The Kier molecular flexibility index (Phi) is 3.05. The van der Waals surface area contributed by atoms with Gasteiger partial charge in [-0.25, -0.2) is 0 Å². The van der Waals surface area contributed by atoms with Gasteiger partial charge in [-0.1, -0.05) is 12.1 Å². The summed E-state index contributed by atoms with van der Waals surface area (Å²) in [5.41, 5.74) is 3.27. The number of benzene rings is 2. The van der Waals surface area contributed by atoms with Crippen LogP contribution < -0.4 is 15.2 Å². The Morgan fingerprint density at radius 1 is 1.14 bits per heavy atom. The normalized spacial score (nSPS) is 36.1. The summed E-state index contributed by atoms with van der Waals surface area (Å²) < 4.78 is 177. The third kappa shape index (κ3) is 9.42. The van der Waals surface area contributed by atoms with Gasteiger partial charge in [-0.2, -0.15) is 0 Å². The highest BCUT2D eigenvalue weighted by atomic mass is 35.5. The number of aliphatic hydroxyl groups is 1. The Bertz CT molecular complexity index is 1450. The Balaban J connectivity index is 0.000000490. The highest BCUT2D eigenvalue weighted by molar-refractivity contribution is 5.85. The maximum absolute atomic E-state index is 9.74. The van der Waals surface area contributed by atoms with Crippen molar-refractivity contribution in [3.05, 3.63) is 58.7 Å². The van der Waals surface area contributed by atoms with Gasteiger partial charge in [0, 0.05) is 25.7 Å². The zero-order valence-corrected chi connectivity index (χ0v) is 14.9. The molecule has 1 heterocycles. The van der Waals surface area contributed by atoms with Crippen molar-refractivity contribution >= 4 is 12.4 Å². The first-order chi connectivity index (χ1) is 21.3. The molecule has 5 nitrogen and oxygen atoms in total. The molecule has 0 radical (unpaired) electrons. The van der Waals surface area contributed by atoms with E-state index in [1.165, 1.54) is 0 Å². The standard InChI is InChI=1S/C11H17NO2.C11H14O2.ClH/c1-8-3-9(2)5-11(4-8)14-7-10(13)6-12;1-8-3-9(2)5-10(4-8)12-6-11-7-13-11;/h3-5,10,13H,6-7,12H2,1-2H3;3-5,11H,6-7H2,1-2H3;1H/i1D3,2D3,6D2,7D2,10D;1D3,2D3,6D2,7D2,11D;. The van der Waals surface area contributed by atoms with Crippen molar-refractivity contribution in [2.24, 2.45) is 5.73 Å². The molecule has 6 heteroatoms. The molecule has 0 bridgehead atoms. The van der Waals surface area contributed by atoms with Gasteiger partial charge in [-0.3, -0.25) is 0 Å². The maximum Gasteiger partial charge on any atom is 0.119 e. The summed E-state index contributed by atoms with van der Waals surface area (Å²) in [6.07, 6.45) is -6.22. The van der Waals surface area contributed by atoms with Crippen LogP contribution in [0.25, 0.3) is 0 Å². The van der Waals surface area contributed by atoms with Gasteiger partial charge in [0.05, 0.1) is 17.5 Å². The molecule has 0 spiro atoms. The molecule has 28 heavy (non-hydrogen) atoms. The summed E-state index contributed by atoms with van der Waals surface area (Å²) in [7, 11) is 0. The van der Waals surface area contributed by atoms with Gasteiger partial charge in [0.2, 0.25) is 0 Å². The van der Waals surface area contributed by atoms with E-state index in [1.807, 2.05) is 0 Å². The minimum Gasteiger partial charge on any atom is -0.491 e. The number of hydrogen-bond acceptors (Lipinski definition) is 5. The molecule has 3 N–H and O–H groups in total. The second kappa shape index (κ2) is 11.9. The first-order valence-corrected chi connectivity index (χ1v) is 7.20. The second-order valence-electron chi connectivity index (χ2n) is 4.93. The molecule has 1 fully saturated rings. The largest absolute Gasteiger partial charge is 0.491 e. The lowest BCUT2D eigenvalue weighted by atomic mass is 10.1. The lowest BCUT2D eigenvalue weighted by Crippen LogP contribution is -2.26. The van der Waals surface area contributed by atoms with Crippen LogP contribution in [0.5, 0.6) is 11.5 Å². The van der Waals surface area contributed by atoms with E-state index in [4.69, 9.17) is 45.4 Å². The highest BCUT2D eigenvalue weighted by Gasteiger charge is 2.23. The van der Waals surface area contributed by atoms with E-state index in [2.05, 4.69) is 4.74 Å². The predicted molar refractivity (Wildman–Crippen MR) is 115 cm³/mol. The Hall–Kier alpha value is -1.79. The average Bonchev–Trinajstić information content (AvgIpc) is 3.39. The summed E-state index contributed by atoms with van der Waals surface area (Å²) in [4.78, 5) is 0. The number of ether oxygens (including phenoxy) is 3. The Labute approximate surface area is 205 Å². The van der Waals surface area contributed by atoms with Gasteiger partial charge in [-0.15, -0.1) is 12.4 Å². The van der Waals surface area contributed by atoms with Gasteiger partial charge in [0.15, 0.2) is 0 Å². The predicted octanol–water partition coefficient (Wildman–Crippen LogP) is 3.50. The van der Waals surface area contributed by atoms with E-state index in [9.17, 15) is 5.11 Å². The molecule has 0 aromatic heterocycles. The Morgan fingerprint density at radius 2 is 1.61 bits per heavy atom. The van der Waals surface area contributed by atoms with Crippen molar-refractivity contribution in [1.29, 1.82) is 0 Å². The topological polar surface area (TPSA) is 77.2 Å². The van der Waals surface area contributed by atoms with Crippen LogP contribution in [-0.4, -0.2) is 43.4 Å². The van der Waals surface area contributed by atoms with Crippen molar-refractivity contribution in [1.82, 2.24) is 0 Å². The smallest absolute Gasteiger partial charge is 0.119 e. The Morgan fingerprint density at radius 3 is 2.00 bits per heavy atom. The molecule has 1 aliphatic heterocycles. The summed E-state index contributed by atoms with van der Waals surface area (Å²) >= 11 is 0. The average molecular weight is 432 g/mol. The van der Waals surface area contributed by atoms with Crippen LogP contribution >= 0.6 is 12.4 Å². The van der Waals surface area contributed by atoms with Crippen LogP contribution in [0.15, 0.2) is 36.4 Å². The molecule has 0 aliphatic carbocycles. The number of halogens is 1. The van der Waals surface area contributed by atoms with Crippen molar-refractivity contribution in [3.63, 3.8) is 0 Å². The third-order valence-electron chi connectivity index (χ3n) is 2.68. The molecule has 3 rings (SSSR count). The van der Waals surface area contributed by atoms with E-state index >= 15 is 0 Å². The van der Waals surface area contributed by atoms with Crippen LogP contribution in [0, 0.1) is 27.4 Å². The minimum absolute atomic E-state index is 0. The molecule has 1 aliphatic rings. The SMILES string of the molecule is Cl.[2H]C([2H])([2H])c1cc(OC([2H])([2H])C([2H])(O)C([2H])([2H])N)cc(C([2H])([2H])[2H])c1.[2H]C([2H])([2H])c1cc(OC([2H])([2H])C2([2H])OC2([2H])[2H])cc(C([2H])([2H])[2H])c1. The zero-order valence-electron chi connectivity index (χ0n) is 36.1.